The van der Waals surface area contributed by atoms with Gasteiger partial charge >= 0.3 is 0 Å². The predicted molar refractivity (Wildman–Crippen MR) is 91.1 cm³/mol. The molecule has 0 aliphatic heterocycles. The van der Waals surface area contributed by atoms with Crippen molar-refractivity contribution in [2.45, 2.75) is 19.4 Å². The molecule has 124 valence electrons. The molecule has 0 aliphatic rings. The summed E-state index contributed by atoms with van der Waals surface area (Å²) in [4.78, 5) is 15.4. The zero-order valence-corrected chi connectivity index (χ0v) is 13.3. The highest BCUT2D eigenvalue weighted by molar-refractivity contribution is 5.90. The van der Waals surface area contributed by atoms with Crippen molar-refractivity contribution in [1.29, 1.82) is 0 Å². The summed E-state index contributed by atoms with van der Waals surface area (Å²) in [6.07, 6.45) is -0.862. The first-order chi connectivity index (χ1) is 11.6. The minimum atomic E-state index is -1.07. The molecule has 3 aromatic rings. The van der Waals surface area contributed by atoms with Crippen LogP contribution in [-0.4, -0.2) is 22.5 Å². The van der Waals surface area contributed by atoms with Crippen LogP contribution in [0.3, 0.4) is 0 Å². The van der Waals surface area contributed by atoms with E-state index in [-0.39, 0.29) is 24.4 Å². The third-order valence-corrected chi connectivity index (χ3v) is 4.12. The molecular weight excluding hydrogens is 307 g/mol. The first-order valence-corrected chi connectivity index (χ1v) is 7.81. The third kappa shape index (κ3) is 3.31. The van der Waals surface area contributed by atoms with Crippen LogP contribution in [0.15, 0.2) is 48.5 Å². The number of aryl methyl sites for hydroxylation is 1. The zero-order chi connectivity index (χ0) is 17.1. The van der Waals surface area contributed by atoms with Gasteiger partial charge in [-0.05, 0) is 24.6 Å². The second-order valence-corrected chi connectivity index (χ2v) is 5.79. The first-order valence-electron chi connectivity index (χ1n) is 7.81. The number of rotatable bonds is 5. The van der Waals surface area contributed by atoms with E-state index in [2.05, 4.69) is 10.3 Å². The number of carbonyl (C=O) groups excluding carboxylic acids is 1. The monoisotopic (exact) mass is 326 g/mol. The van der Waals surface area contributed by atoms with E-state index in [0.717, 1.165) is 22.2 Å². The largest absolute Gasteiger partial charge is 0.386 e. The van der Waals surface area contributed by atoms with Gasteiger partial charge in [-0.25, -0.2) is 4.39 Å². The summed E-state index contributed by atoms with van der Waals surface area (Å²) in [6.45, 7) is 1.90. The van der Waals surface area contributed by atoms with Crippen molar-refractivity contribution in [3.8, 4) is 0 Å². The molecule has 0 saturated heterocycles. The van der Waals surface area contributed by atoms with Gasteiger partial charge in [-0.15, -0.1) is 0 Å². The summed E-state index contributed by atoms with van der Waals surface area (Å²) in [5, 5.41) is 13.7. The lowest BCUT2D eigenvalue weighted by atomic mass is 10.1. The number of hydrogen-bond acceptors (Lipinski definition) is 2. The number of H-pyrrole nitrogens is 1. The van der Waals surface area contributed by atoms with Gasteiger partial charge in [0.2, 0.25) is 5.91 Å². The van der Waals surface area contributed by atoms with Gasteiger partial charge < -0.3 is 15.4 Å². The lowest BCUT2D eigenvalue weighted by Crippen LogP contribution is -2.30. The average molecular weight is 326 g/mol. The summed E-state index contributed by atoms with van der Waals surface area (Å²) in [7, 11) is 0. The van der Waals surface area contributed by atoms with Crippen LogP contribution in [0.25, 0.3) is 10.9 Å². The van der Waals surface area contributed by atoms with Crippen molar-refractivity contribution in [3.05, 3.63) is 71.2 Å². The average Bonchev–Trinajstić information content (AvgIpc) is 2.89. The minimum Gasteiger partial charge on any atom is -0.386 e. The summed E-state index contributed by atoms with van der Waals surface area (Å²) in [5.41, 5.74) is 3.05. The summed E-state index contributed by atoms with van der Waals surface area (Å²) >= 11 is 0. The van der Waals surface area contributed by atoms with E-state index < -0.39 is 11.9 Å². The highest BCUT2D eigenvalue weighted by Crippen LogP contribution is 2.22. The number of aromatic nitrogens is 1. The number of para-hydroxylation sites is 1. The Morgan fingerprint density at radius 2 is 1.92 bits per heavy atom. The molecule has 3 N–H and O–H groups in total. The molecule has 5 heteroatoms. The second-order valence-electron chi connectivity index (χ2n) is 5.79. The van der Waals surface area contributed by atoms with Gasteiger partial charge in [0.05, 0.1) is 12.5 Å². The van der Waals surface area contributed by atoms with Crippen molar-refractivity contribution >= 4 is 16.8 Å². The molecule has 0 saturated carbocycles. The van der Waals surface area contributed by atoms with Gasteiger partial charge in [0, 0.05) is 28.7 Å². The molecule has 0 fully saturated rings. The quantitative estimate of drug-likeness (QED) is 0.675. The maximum Gasteiger partial charge on any atom is 0.224 e. The van der Waals surface area contributed by atoms with Gasteiger partial charge in [-0.3, -0.25) is 4.79 Å². The minimum absolute atomic E-state index is 0.0266. The molecular formula is C19H19FN2O2. The molecule has 3 rings (SSSR count). The Labute approximate surface area is 139 Å². The van der Waals surface area contributed by atoms with Crippen molar-refractivity contribution in [1.82, 2.24) is 10.3 Å². The van der Waals surface area contributed by atoms with Gasteiger partial charge in [0.1, 0.15) is 5.82 Å². The summed E-state index contributed by atoms with van der Waals surface area (Å²) in [6, 6.07) is 13.8. The number of nitrogens with one attached hydrogen (secondary N) is 2. The Morgan fingerprint density at radius 1 is 1.21 bits per heavy atom. The highest BCUT2D eigenvalue weighted by Gasteiger charge is 2.15. The molecule has 2 aromatic carbocycles. The van der Waals surface area contributed by atoms with Crippen molar-refractivity contribution < 1.29 is 14.3 Å². The van der Waals surface area contributed by atoms with Crippen LogP contribution in [-0.2, 0) is 11.2 Å². The van der Waals surface area contributed by atoms with Crippen LogP contribution < -0.4 is 5.32 Å². The Hall–Kier alpha value is -2.66. The second kappa shape index (κ2) is 6.84. The van der Waals surface area contributed by atoms with Gasteiger partial charge in [-0.1, -0.05) is 36.4 Å². The fourth-order valence-corrected chi connectivity index (χ4v) is 2.85. The molecule has 24 heavy (non-hydrogen) atoms. The van der Waals surface area contributed by atoms with Gasteiger partial charge in [0.25, 0.3) is 0 Å². The SMILES string of the molecule is Cc1[nH]c2ccccc2c1CC(=O)NCC(O)c1ccccc1F. The number of benzene rings is 2. The Kier molecular flexibility index (Phi) is 4.62. The van der Waals surface area contributed by atoms with Crippen LogP contribution in [0.1, 0.15) is 22.9 Å². The number of fused-ring (bicyclic) bond motifs is 1. The number of aliphatic hydroxyl groups is 1. The summed E-state index contributed by atoms with van der Waals surface area (Å²) in [5.74, 6) is -0.690. The van der Waals surface area contributed by atoms with E-state index in [9.17, 15) is 14.3 Å². The lowest BCUT2D eigenvalue weighted by Gasteiger charge is -2.13. The normalized spacial score (nSPS) is 12.3. The third-order valence-electron chi connectivity index (χ3n) is 4.12. The Balaban J connectivity index is 1.65. The number of aliphatic hydroxyl groups excluding tert-OH is 1. The van der Waals surface area contributed by atoms with E-state index in [1.165, 1.54) is 12.1 Å². The topological polar surface area (TPSA) is 65.1 Å². The van der Waals surface area contributed by atoms with E-state index in [1.807, 2.05) is 31.2 Å². The molecule has 1 amide bonds. The molecule has 1 heterocycles. The number of aromatic amines is 1. The molecule has 1 atom stereocenters. The van der Waals surface area contributed by atoms with E-state index in [1.54, 1.807) is 12.1 Å². The molecule has 1 unspecified atom stereocenters. The van der Waals surface area contributed by atoms with Crippen LogP contribution in [0.4, 0.5) is 4.39 Å². The smallest absolute Gasteiger partial charge is 0.224 e. The van der Waals surface area contributed by atoms with Crippen molar-refractivity contribution in [2.75, 3.05) is 6.54 Å². The standard InChI is InChI=1S/C19H19FN2O2/c1-12-15(13-6-3-5-9-17(13)22-12)10-19(24)21-11-18(23)14-7-2-4-8-16(14)20/h2-9,18,22-23H,10-11H2,1H3,(H,21,24). The van der Waals surface area contributed by atoms with Gasteiger partial charge in [0.15, 0.2) is 0 Å². The van der Waals surface area contributed by atoms with Crippen molar-refractivity contribution in [2.24, 2.45) is 0 Å². The lowest BCUT2D eigenvalue weighted by molar-refractivity contribution is -0.120. The fourth-order valence-electron chi connectivity index (χ4n) is 2.85. The number of carbonyl (C=O) groups is 1. The fraction of sp³-hybridized carbons (Fsp3) is 0.211. The number of halogens is 1. The maximum absolute atomic E-state index is 13.6. The predicted octanol–water partition coefficient (Wildman–Crippen LogP) is 3.01. The molecule has 0 spiro atoms. The maximum atomic E-state index is 13.6. The number of amides is 1. The summed E-state index contributed by atoms with van der Waals surface area (Å²) < 4.78 is 13.6. The van der Waals surface area contributed by atoms with Crippen LogP contribution in [0, 0.1) is 12.7 Å². The van der Waals surface area contributed by atoms with E-state index >= 15 is 0 Å². The Morgan fingerprint density at radius 3 is 2.71 bits per heavy atom. The van der Waals surface area contributed by atoms with E-state index in [4.69, 9.17) is 0 Å². The molecule has 0 aliphatic carbocycles. The Bertz CT molecular complexity index is 873. The van der Waals surface area contributed by atoms with Crippen molar-refractivity contribution in [3.63, 3.8) is 0 Å². The van der Waals surface area contributed by atoms with Crippen LogP contribution in [0.5, 0.6) is 0 Å². The van der Waals surface area contributed by atoms with Crippen LogP contribution in [0.2, 0.25) is 0 Å². The first kappa shape index (κ1) is 16.2. The zero-order valence-electron chi connectivity index (χ0n) is 13.3. The molecule has 4 nitrogen and oxygen atoms in total. The molecule has 1 aromatic heterocycles. The number of hydrogen-bond donors (Lipinski definition) is 3. The van der Waals surface area contributed by atoms with E-state index in [0.29, 0.717) is 0 Å². The van der Waals surface area contributed by atoms with Crippen LogP contribution >= 0.6 is 0 Å². The highest BCUT2D eigenvalue weighted by atomic mass is 19.1. The van der Waals surface area contributed by atoms with Gasteiger partial charge in [-0.2, -0.15) is 0 Å². The molecule has 0 radical (unpaired) electrons. The molecule has 0 bridgehead atoms.